The monoisotopic (exact) mass is 540 g/mol. The van der Waals surface area contributed by atoms with Crippen molar-refractivity contribution in [2.45, 2.75) is 37.1 Å². The number of anilines is 1. The van der Waals surface area contributed by atoms with Gasteiger partial charge >= 0.3 is 0 Å². The third-order valence-corrected chi connectivity index (χ3v) is 7.24. The highest BCUT2D eigenvalue weighted by molar-refractivity contribution is 14.0. The number of piperidine rings is 1. The molecule has 1 saturated carbocycles. The number of aliphatic imine (C=N–C) groups is 1. The van der Waals surface area contributed by atoms with Crippen molar-refractivity contribution >= 4 is 46.3 Å². The van der Waals surface area contributed by atoms with Crippen LogP contribution in [0, 0.1) is 0 Å². The number of guanidine groups is 1. The standard InChI is InChI=1S/C22H28N4O2S.HI/c1-23-21(25-17-6-10-26(11-7-17)20-3-2-12-29-20)24-14-22(8-9-22)16-4-5-18-19(13-16)28-15-27-18;/h2-5,12-13,17H,6-11,14-15H2,1H3,(H2,23,24,25);1H. The molecule has 8 heteroatoms. The fourth-order valence-electron chi connectivity index (χ4n) is 4.28. The number of nitrogens with one attached hydrogen (secondary N) is 2. The Kier molecular flexibility index (Phi) is 6.62. The molecule has 5 rings (SSSR count). The highest BCUT2D eigenvalue weighted by Crippen LogP contribution is 2.49. The average Bonchev–Trinajstić information content (AvgIpc) is 3.16. The Morgan fingerprint density at radius 1 is 1.20 bits per heavy atom. The van der Waals surface area contributed by atoms with Crippen LogP contribution in [0.1, 0.15) is 31.2 Å². The van der Waals surface area contributed by atoms with Crippen molar-refractivity contribution in [3.63, 3.8) is 0 Å². The summed E-state index contributed by atoms with van der Waals surface area (Å²) in [6, 6.07) is 11.2. The molecule has 2 N–H and O–H groups in total. The van der Waals surface area contributed by atoms with Gasteiger partial charge in [-0.3, -0.25) is 4.99 Å². The molecule has 0 spiro atoms. The molecule has 0 radical (unpaired) electrons. The van der Waals surface area contributed by atoms with Gasteiger partial charge in [0.05, 0.1) is 5.00 Å². The van der Waals surface area contributed by atoms with E-state index in [4.69, 9.17) is 9.47 Å². The van der Waals surface area contributed by atoms with Crippen molar-refractivity contribution in [3.8, 4) is 11.5 Å². The van der Waals surface area contributed by atoms with E-state index in [9.17, 15) is 0 Å². The minimum absolute atomic E-state index is 0. The lowest BCUT2D eigenvalue weighted by molar-refractivity contribution is 0.174. The Labute approximate surface area is 199 Å². The number of hydrogen-bond donors (Lipinski definition) is 2. The molecule has 162 valence electrons. The van der Waals surface area contributed by atoms with Gasteiger partial charge in [-0.15, -0.1) is 35.3 Å². The van der Waals surface area contributed by atoms with Crippen molar-refractivity contribution in [1.29, 1.82) is 0 Å². The zero-order chi connectivity index (χ0) is 19.7. The fourth-order valence-corrected chi connectivity index (χ4v) is 5.07. The van der Waals surface area contributed by atoms with Gasteiger partial charge in [-0.1, -0.05) is 6.07 Å². The maximum Gasteiger partial charge on any atom is 0.231 e. The Balaban J connectivity index is 0.00000218. The quantitative estimate of drug-likeness (QED) is 0.342. The van der Waals surface area contributed by atoms with E-state index >= 15 is 0 Å². The number of hydrogen-bond acceptors (Lipinski definition) is 5. The number of benzene rings is 1. The fraction of sp³-hybridized carbons (Fsp3) is 0.500. The van der Waals surface area contributed by atoms with E-state index in [2.05, 4.69) is 50.2 Å². The van der Waals surface area contributed by atoms with Crippen molar-refractivity contribution in [1.82, 2.24) is 10.6 Å². The highest BCUT2D eigenvalue weighted by atomic mass is 127. The lowest BCUT2D eigenvalue weighted by Crippen LogP contribution is -2.49. The van der Waals surface area contributed by atoms with Crippen molar-refractivity contribution in [3.05, 3.63) is 41.3 Å². The third-order valence-electron chi connectivity index (χ3n) is 6.31. The van der Waals surface area contributed by atoms with Gasteiger partial charge in [0.15, 0.2) is 17.5 Å². The number of thiophene rings is 1. The van der Waals surface area contributed by atoms with Gasteiger partial charge in [-0.2, -0.15) is 0 Å². The van der Waals surface area contributed by atoms with E-state index < -0.39 is 0 Å². The smallest absolute Gasteiger partial charge is 0.231 e. The predicted molar refractivity (Wildman–Crippen MR) is 133 cm³/mol. The molecule has 1 aliphatic carbocycles. The number of fused-ring (bicyclic) bond motifs is 1. The molecule has 1 aromatic carbocycles. The molecule has 0 bridgehead atoms. The zero-order valence-electron chi connectivity index (χ0n) is 17.2. The Morgan fingerprint density at radius 3 is 2.70 bits per heavy atom. The summed E-state index contributed by atoms with van der Waals surface area (Å²) in [6.45, 7) is 3.40. The second-order valence-electron chi connectivity index (χ2n) is 8.13. The second-order valence-corrected chi connectivity index (χ2v) is 9.06. The van der Waals surface area contributed by atoms with Gasteiger partial charge in [-0.25, -0.2) is 0 Å². The number of nitrogens with zero attached hydrogens (tertiary/aromatic N) is 2. The lowest BCUT2D eigenvalue weighted by atomic mass is 9.95. The van der Waals surface area contributed by atoms with Crippen molar-refractivity contribution in [2.24, 2.45) is 4.99 Å². The normalized spacial score (nSPS) is 19.9. The largest absolute Gasteiger partial charge is 0.454 e. The summed E-state index contributed by atoms with van der Waals surface area (Å²) in [7, 11) is 1.86. The summed E-state index contributed by atoms with van der Waals surface area (Å²) in [5, 5.41) is 10.7. The SMILES string of the molecule is CN=C(NCC1(c2ccc3c(c2)OCO3)CC1)NC1CCN(c2cccs2)CC1.I. The molecule has 0 atom stereocenters. The van der Waals surface area contributed by atoms with Gasteiger partial charge in [0, 0.05) is 38.1 Å². The number of ether oxygens (including phenoxy) is 2. The van der Waals surface area contributed by atoms with E-state index in [-0.39, 0.29) is 29.4 Å². The molecule has 2 aromatic rings. The van der Waals surface area contributed by atoms with Crippen molar-refractivity contribution < 1.29 is 9.47 Å². The Hall–Kier alpha value is -1.68. The first kappa shape index (κ1) is 21.5. The number of rotatable bonds is 5. The molecule has 0 amide bonds. The minimum Gasteiger partial charge on any atom is -0.454 e. The molecular formula is C22H29IN4O2S. The van der Waals surface area contributed by atoms with E-state index in [1.807, 2.05) is 24.5 Å². The molecule has 1 aromatic heterocycles. The molecule has 3 aliphatic rings. The summed E-state index contributed by atoms with van der Waals surface area (Å²) < 4.78 is 11.0. The summed E-state index contributed by atoms with van der Waals surface area (Å²) in [6.07, 6.45) is 4.64. The van der Waals surface area contributed by atoms with E-state index in [0.717, 1.165) is 49.9 Å². The molecule has 1 saturated heterocycles. The predicted octanol–water partition coefficient (Wildman–Crippen LogP) is 3.96. The van der Waals surface area contributed by atoms with Crippen LogP contribution >= 0.6 is 35.3 Å². The first-order valence-corrected chi connectivity index (χ1v) is 11.3. The molecule has 3 heterocycles. The lowest BCUT2D eigenvalue weighted by Gasteiger charge is -2.33. The van der Waals surface area contributed by atoms with E-state index in [0.29, 0.717) is 12.8 Å². The van der Waals surface area contributed by atoms with Crippen LogP contribution in [0.2, 0.25) is 0 Å². The van der Waals surface area contributed by atoms with Crippen molar-refractivity contribution in [2.75, 3.05) is 38.4 Å². The maximum atomic E-state index is 5.56. The Bertz CT molecular complexity index is 877. The van der Waals surface area contributed by atoms with Crippen LogP contribution in [0.5, 0.6) is 11.5 Å². The van der Waals surface area contributed by atoms with Crippen LogP contribution in [0.4, 0.5) is 5.00 Å². The van der Waals surface area contributed by atoms with Gasteiger partial charge in [0.25, 0.3) is 0 Å². The summed E-state index contributed by atoms with van der Waals surface area (Å²) in [4.78, 5) is 6.96. The zero-order valence-corrected chi connectivity index (χ0v) is 20.4. The van der Waals surface area contributed by atoms with Crippen LogP contribution in [0.15, 0.2) is 40.7 Å². The topological polar surface area (TPSA) is 58.1 Å². The van der Waals surface area contributed by atoms with Crippen LogP contribution < -0.4 is 25.0 Å². The molecule has 30 heavy (non-hydrogen) atoms. The molecule has 6 nitrogen and oxygen atoms in total. The molecular weight excluding hydrogens is 511 g/mol. The molecule has 2 aliphatic heterocycles. The Morgan fingerprint density at radius 2 is 2.00 bits per heavy atom. The van der Waals surface area contributed by atoms with E-state index in [1.165, 1.54) is 23.4 Å². The van der Waals surface area contributed by atoms with E-state index in [1.54, 1.807) is 0 Å². The summed E-state index contributed by atoms with van der Waals surface area (Å²) in [5.74, 6) is 2.63. The van der Waals surface area contributed by atoms with Crippen LogP contribution in [0.3, 0.4) is 0 Å². The summed E-state index contributed by atoms with van der Waals surface area (Å²) >= 11 is 1.82. The first-order valence-electron chi connectivity index (χ1n) is 10.4. The van der Waals surface area contributed by atoms with Gasteiger partial charge in [-0.05, 0) is 60.9 Å². The second kappa shape index (κ2) is 9.21. The minimum atomic E-state index is 0. The number of halogens is 1. The first-order chi connectivity index (χ1) is 14.3. The maximum absolute atomic E-state index is 5.56. The van der Waals surface area contributed by atoms with Crippen LogP contribution in [-0.4, -0.2) is 45.5 Å². The average molecular weight is 540 g/mol. The van der Waals surface area contributed by atoms with Crippen LogP contribution in [-0.2, 0) is 5.41 Å². The summed E-state index contributed by atoms with van der Waals surface area (Å²) in [5.41, 5.74) is 1.51. The van der Waals surface area contributed by atoms with Crippen LogP contribution in [0.25, 0.3) is 0 Å². The van der Waals surface area contributed by atoms with Gasteiger partial charge in [0.1, 0.15) is 0 Å². The van der Waals surface area contributed by atoms with Gasteiger partial charge < -0.3 is 25.0 Å². The molecule has 2 fully saturated rings. The van der Waals surface area contributed by atoms with Gasteiger partial charge in [0.2, 0.25) is 6.79 Å². The molecule has 0 unspecified atom stereocenters. The third kappa shape index (κ3) is 4.49. The highest BCUT2D eigenvalue weighted by Gasteiger charge is 2.45.